The number of nitrogens with zero attached hydrogens (tertiary/aromatic N) is 1. The van der Waals surface area contributed by atoms with Crippen LogP contribution in [0.1, 0.15) is 0 Å². The molecule has 1 unspecified atom stereocenters. The van der Waals surface area contributed by atoms with E-state index < -0.39 is 16.0 Å². The van der Waals surface area contributed by atoms with Crippen molar-refractivity contribution in [2.75, 3.05) is 0 Å². The normalized spacial score (nSPS) is 11.5. The average Bonchev–Trinajstić information content (AvgIpc) is 2.04. The zero-order valence-corrected chi connectivity index (χ0v) is 6.65. The first kappa shape index (κ1) is 12.7. The number of nitro benzene ring substituents is 1. The molecule has 0 radical (unpaired) electrons. The van der Waals surface area contributed by atoms with Gasteiger partial charge in [-0.3, -0.25) is 10.1 Å². The van der Waals surface area contributed by atoms with Gasteiger partial charge in [0.05, 0.1) is 4.92 Å². The summed E-state index contributed by atoms with van der Waals surface area (Å²) < 4.78 is 19.2. The molecule has 0 amide bonds. The second-order valence-electron chi connectivity index (χ2n) is 1.97. The van der Waals surface area contributed by atoms with Crippen molar-refractivity contribution in [2.45, 2.75) is 4.90 Å². The van der Waals surface area contributed by atoms with Gasteiger partial charge in [0.2, 0.25) is 0 Å². The monoisotopic (exact) mass is 211 g/mol. The first-order valence-corrected chi connectivity index (χ1v) is 4.08. The molecule has 1 aromatic carbocycles. The third kappa shape index (κ3) is 3.17. The van der Waals surface area contributed by atoms with Crippen LogP contribution in [-0.4, -0.2) is 43.2 Å². The molecule has 1 atom stereocenters. The van der Waals surface area contributed by atoms with Crippen LogP contribution in [0.2, 0.25) is 0 Å². The topological polar surface area (TPSA) is 80.4 Å². The molecular weight excluding hydrogens is 205 g/mol. The summed E-state index contributed by atoms with van der Waals surface area (Å²) in [4.78, 5) is 9.42. The maximum atomic E-state index is 10.5. The van der Waals surface area contributed by atoms with Crippen LogP contribution in [0.4, 0.5) is 5.69 Å². The van der Waals surface area contributed by atoms with Crippen LogP contribution in [0.25, 0.3) is 0 Å². The molecule has 0 heterocycles. The zero-order valence-electron chi connectivity index (χ0n) is 5.84. The van der Waals surface area contributed by atoms with Gasteiger partial charge in [0.15, 0.2) is 11.1 Å². The van der Waals surface area contributed by atoms with E-state index in [0.29, 0.717) is 0 Å². The van der Waals surface area contributed by atoms with E-state index in [-0.39, 0.29) is 40.1 Å². The maximum absolute atomic E-state index is 10.5. The van der Waals surface area contributed by atoms with E-state index in [1.807, 2.05) is 0 Å². The number of rotatable bonds is 2. The fourth-order valence-electron chi connectivity index (χ4n) is 0.756. The van der Waals surface area contributed by atoms with Gasteiger partial charge in [-0.2, -0.15) is 0 Å². The Kier molecular flexibility index (Phi) is 5.34. The van der Waals surface area contributed by atoms with Crippen LogP contribution < -0.4 is 0 Å². The van der Waals surface area contributed by atoms with Gasteiger partial charge in [0, 0.05) is 6.07 Å². The molecule has 0 bridgehead atoms. The summed E-state index contributed by atoms with van der Waals surface area (Å²) in [5, 5.41) is 10.3. The van der Waals surface area contributed by atoms with E-state index in [0.717, 1.165) is 0 Å². The van der Waals surface area contributed by atoms with Gasteiger partial charge < -0.3 is 4.55 Å². The first-order valence-electron chi connectivity index (χ1n) is 2.97. The van der Waals surface area contributed by atoms with Crippen molar-refractivity contribution in [1.82, 2.24) is 0 Å². The number of para-hydroxylation sites is 1. The van der Waals surface area contributed by atoms with Gasteiger partial charge >= 0.3 is 29.6 Å². The molecule has 0 fully saturated rings. The van der Waals surface area contributed by atoms with Gasteiger partial charge in [-0.25, -0.2) is 4.21 Å². The summed E-state index contributed by atoms with van der Waals surface area (Å²) in [6.45, 7) is 0. The summed E-state index contributed by atoms with van der Waals surface area (Å²) >= 11 is -2.30. The zero-order chi connectivity index (χ0) is 9.14. The first-order chi connectivity index (χ1) is 5.63. The fourth-order valence-corrected chi connectivity index (χ4v) is 1.27. The Hall–Kier alpha value is -0.270. The van der Waals surface area contributed by atoms with Crippen molar-refractivity contribution in [3.05, 3.63) is 34.4 Å². The quantitative estimate of drug-likeness (QED) is 0.335. The van der Waals surface area contributed by atoms with Crippen LogP contribution in [0.5, 0.6) is 0 Å². The van der Waals surface area contributed by atoms with E-state index in [2.05, 4.69) is 0 Å². The summed E-state index contributed by atoms with van der Waals surface area (Å²) in [7, 11) is 0. The number of hydrogen-bond donors (Lipinski definition) is 1. The molecule has 0 saturated carbocycles. The Morgan fingerprint density at radius 3 is 2.31 bits per heavy atom. The van der Waals surface area contributed by atoms with Gasteiger partial charge in [-0.15, -0.1) is 0 Å². The van der Waals surface area contributed by atoms with Crippen LogP contribution in [0, 0.1) is 10.1 Å². The molecule has 0 aromatic heterocycles. The van der Waals surface area contributed by atoms with E-state index in [1.165, 1.54) is 24.3 Å². The Labute approximate surface area is 98.9 Å². The minimum absolute atomic E-state index is 0. The summed E-state index contributed by atoms with van der Waals surface area (Å²) in [6.07, 6.45) is 0. The van der Waals surface area contributed by atoms with Crippen LogP contribution in [0.3, 0.4) is 0 Å². The van der Waals surface area contributed by atoms with E-state index in [4.69, 9.17) is 4.55 Å². The molecular formula is C6H6NNaO4S. The van der Waals surface area contributed by atoms with Crippen molar-refractivity contribution in [3.8, 4) is 0 Å². The predicted molar refractivity (Wildman–Crippen MR) is 49.3 cm³/mol. The third-order valence-electron chi connectivity index (χ3n) is 1.25. The van der Waals surface area contributed by atoms with Gasteiger partial charge in [0.1, 0.15) is 4.90 Å². The average molecular weight is 211 g/mol. The van der Waals surface area contributed by atoms with Crippen molar-refractivity contribution >= 4 is 46.3 Å². The second kappa shape index (κ2) is 5.46. The molecule has 1 aromatic rings. The van der Waals surface area contributed by atoms with Gasteiger partial charge in [-0.05, 0) is 6.07 Å². The summed E-state index contributed by atoms with van der Waals surface area (Å²) in [6, 6.07) is 5.34. The van der Waals surface area contributed by atoms with Gasteiger partial charge in [0.25, 0.3) is 5.69 Å². The Morgan fingerprint density at radius 1 is 1.38 bits per heavy atom. The standard InChI is InChI=1S/C6H5NO4S.Na.H/c8-7(9)5-3-1-2-4-6(5)12(10)11;;/h1-4H,(H,10,11);;. The molecule has 1 N–H and O–H groups in total. The molecule has 0 aliphatic carbocycles. The van der Waals surface area contributed by atoms with E-state index in [9.17, 15) is 14.3 Å². The molecule has 0 spiro atoms. The van der Waals surface area contributed by atoms with E-state index in [1.54, 1.807) is 0 Å². The third-order valence-corrected chi connectivity index (χ3v) is 1.97. The molecule has 5 nitrogen and oxygen atoms in total. The minimum atomic E-state index is -2.30. The number of nitro groups is 1. The number of benzene rings is 1. The summed E-state index contributed by atoms with van der Waals surface area (Å²) in [5.74, 6) is 0. The van der Waals surface area contributed by atoms with Crippen molar-refractivity contribution < 1.29 is 13.7 Å². The Bertz CT molecular complexity index is 310. The molecule has 66 valence electrons. The van der Waals surface area contributed by atoms with Crippen LogP contribution in [0.15, 0.2) is 29.2 Å². The van der Waals surface area contributed by atoms with Crippen molar-refractivity contribution in [1.29, 1.82) is 0 Å². The van der Waals surface area contributed by atoms with E-state index >= 15 is 0 Å². The molecule has 0 aliphatic rings. The molecule has 0 aliphatic heterocycles. The van der Waals surface area contributed by atoms with Crippen LogP contribution in [-0.2, 0) is 11.1 Å². The summed E-state index contributed by atoms with van der Waals surface area (Å²) in [5.41, 5.74) is -0.335. The fraction of sp³-hybridized carbons (Fsp3) is 0. The van der Waals surface area contributed by atoms with Crippen molar-refractivity contribution in [3.63, 3.8) is 0 Å². The number of hydrogen-bond acceptors (Lipinski definition) is 3. The SMILES string of the molecule is O=[N+]([O-])c1ccccc1S(=O)O.[NaH]. The molecule has 13 heavy (non-hydrogen) atoms. The molecule has 7 heteroatoms. The molecule has 1 rings (SSSR count). The Balaban J connectivity index is 0.00000144. The Morgan fingerprint density at radius 2 is 1.92 bits per heavy atom. The van der Waals surface area contributed by atoms with Crippen molar-refractivity contribution in [2.24, 2.45) is 0 Å². The van der Waals surface area contributed by atoms with Gasteiger partial charge in [-0.1, -0.05) is 12.1 Å². The molecule has 0 saturated heterocycles. The van der Waals surface area contributed by atoms with Crippen LogP contribution >= 0.6 is 0 Å². The second-order valence-corrected chi connectivity index (χ2v) is 2.91. The predicted octanol–water partition coefficient (Wildman–Crippen LogP) is 0.527.